The van der Waals surface area contributed by atoms with E-state index >= 15 is 0 Å². The van der Waals surface area contributed by atoms with E-state index in [-0.39, 0.29) is 18.6 Å². The highest BCUT2D eigenvalue weighted by molar-refractivity contribution is 5.74. The second-order valence-electron chi connectivity index (χ2n) is 8.14. The maximum Gasteiger partial charge on any atom is 0.321 e. The van der Waals surface area contributed by atoms with Crippen LogP contribution in [0.25, 0.3) is 0 Å². The molecule has 4 saturated carbocycles. The third kappa shape index (κ3) is 2.86. The van der Waals surface area contributed by atoms with Crippen molar-refractivity contribution in [2.75, 3.05) is 6.61 Å². The van der Waals surface area contributed by atoms with Crippen LogP contribution in [0.3, 0.4) is 0 Å². The number of aliphatic carboxylic acids is 1. The number of benzene rings is 1. The molecule has 2 unspecified atom stereocenters. The Kier molecular flexibility index (Phi) is 4.35. The molecule has 2 atom stereocenters. The summed E-state index contributed by atoms with van der Waals surface area (Å²) in [6.07, 6.45) is 6.20. The lowest BCUT2D eigenvalue weighted by Crippen LogP contribution is -2.56. The molecular formula is C20H27NO3. The van der Waals surface area contributed by atoms with Gasteiger partial charge < -0.3 is 10.2 Å². The van der Waals surface area contributed by atoms with E-state index in [9.17, 15) is 15.0 Å². The molecule has 5 rings (SSSR count). The Bertz CT molecular complexity index is 560. The van der Waals surface area contributed by atoms with Crippen LogP contribution in [0.2, 0.25) is 0 Å². The topological polar surface area (TPSA) is 69.6 Å². The maximum atomic E-state index is 12.1. The van der Waals surface area contributed by atoms with Crippen LogP contribution in [0.4, 0.5) is 0 Å². The smallest absolute Gasteiger partial charge is 0.321 e. The summed E-state index contributed by atoms with van der Waals surface area (Å²) in [7, 11) is 0. The number of hydrogen-bond acceptors (Lipinski definition) is 3. The van der Waals surface area contributed by atoms with Crippen LogP contribution in [-0.2, 0) is 4.79 Å². The normalized spacial score (nSPS) is 36.5. The van der Waals surface area contributed by atoms with Gasteiger partial charge in [-0.15, -0.1) is 0 Å². The second kappa shape index (κ2) is 6.49. The van der Waals surface area contributed by atoms with Crippen molar-refractivity contribution in [1.82, 2.24) is 5.32 Å². The average molecular weight is 329 g/mol. The number of carboxylic acid groups (broad SMARTS) is 1. The van der Waals surface area contributed by atoms with Crippen molar-refractivity contribution in [2.24, 2.45) is 29.6 Å². The fourth-order valence-corrected chi connectivity index (χ4v) is 6.02. The molecule has 0 amide bonds. The lowest BCUT2D eigenvalue weighted by atomic mass is 9.50. The van der Waals surface area contributed by atoms with Gasteiger partial charge in [0.15, 0.2) is 0 Å². The molecule has 0 spiro atoms. The maximum absolute atomic E-state index is 12.1. The monoisotopic (exact) mass is 329 g/mol. The van der Waals surface area contributed by atoms with Gasteiger partial charge in [-0.2, -0.15) is 0 Å². The first kappa shape index (κ1) is 16.1. The molecule has 4 bridgehead atoms. The van der Waals surface area contributed by atoms with Gasteiger partial charge in [-0.25, -0.2) is 0 Å². The van der Waals surface area contributed by atoms with Crippen LogP contribution >= 0.6 is 0 Å². The molecule has 0 saturated heterocycles. The van der Waals surface area contributed by atoms with Crippen molar-refractivity contribution < 1.29 is 15.0 Å². The fourth-order valence-electron chi connectivity index (χ4n) is 6.02. The number of hydrogen-bond donors (Lipinski definition) is 3. The van der Waals surface area contributed by atoms with E-state index in [1.807, 2.05) is 30.3 Å². The van der Waals surface area contributed by atoms with Crippen LogP contribution in [0.1, 0.15) is 43.7 Å². The Hall–Kier alpha value is -1.39. The molecule has 4 fully saturated rings. The van der Waals surface area contributed by atoms with Crippen molar-refractivity contribution in [2.45, 2.75) is 44.2 Å². The van der Waals surface area contributed by atoms with Crippen molar-refractivity contribution in [3.63, 3.8) is 0 Å². The molecular weight excluding hydrogens is 302 g/mol. The summed E-state index contributed by atoms with van der Waals surface area (Å²) in [5, 5.41) is 23.0. The van der Waals surface area contributed by atoms with Crippen molar-refractivity contribution in [3.05, 3.63) is 35.9 Å². The zero-order valence-electron chi connectivity index (χ0n) is 14.0. The zero-order chi connectivity index (χ0) is 16.7. The minimum absolute atomic E-state index is 0.0822. The zero-order valence-corrected chi connectivity index (χ0v) is 14.0. The van der Waals surface area contributed by atoms with E-state index in [0.717, 1.165) is 17.4 Å². The number of aliphatic hydroxyl groups is 1. The highest BCUT2D eigenvalue weighted by atomic mass is 16.4. The van der Waals surface area contributed by atoms with Crippen LogP contribution < -0.4 is 5.32 Å². The van der Waals surface area contributed by atoms with Crippen molar-refractivity contribution in [1.29, 1.82) is 0 Å². The van der Waals surface area contributed by atoms with Crippen LogP contribution in [0.15, 0.2) is 30.3 Å². The summed E-state index contributed by atoms with van der Waals surface area (Å²) < 4.78 is 0. The van der Waals surface area contributed by atoms with Crippen molar-refractivity contribution >= 4 is 5.97 Å². The van der Waals surface area contributed by atoms with E-state index in [4.69, 9.17) is 0 Å². The van der Waals surface area contributed by atoms with E-state index in [1.54, 1.807) is 0 Å². The summed E-state index contributed by atoms with van der Waals surface area (Å²) in [6.45, 7) is -0.0822. The Morgan fingerprint density at radius 2 is 1.62 bits per heavy atom. The molecule has 0 aromatic heterocycles. The number of carbonyl (C=O) groups is 1. The van der Waals surface area contributed by atoms with E-state index < -0.39 is 12.0 Å². The molecule has 130 valence electrons. The third-order valence-electron chi connectivity index (χ3n) is 6.72. The standard InChI is InChI=1S/C20H27NO3/c22-11-17(14-4-2-1-3-5-14)21-19(20(23)24)18-15-7-12-6-13(9-15)10-16(18)8-12/h1-5,12-13,15-19,21-22H,6-11H2,(H,23,24). The van der Waals surface area contributed by atoms with Crippen molar-refractivity contribution in [3.8, 4) is 0 Å². The van der Waals surface area contributed by atoms with Gasteiger partial charge >= 0.3 is 5.97 Å². The summed E-state index contributed by atoms with van der Waals surface area (Å²) in [6, 6.07) is 8.82. The van der Waals surface area contributed by atoms with E-state index in [0.29, 0.717) is 11.8 Å². The Labute approximate surface area is 143 Å². The lowest BCUT2D eigenvalue weighted by Gasteiger charge is -2.56. The van der Waals surface area contributed by atoms with Gasteiger partial charge in [0.2, 0.25) is 0 Å². The quantitative estimate of drug-likeness (QED) is 0.750. The summed E-state index contributed by atoms with van der Waals surface area (Å²) in [5.41, 5.74) is 0.954. The molecule has 0 radical (unpaired) electrons. The Morgan fingerprint density at radius 3 is 2.12 bits per heavy atom. The van der Waals surface area contributed by atoms with Gasteiger partial charge in [0.25, 0.3) is 0 Å². The van der Waals surface area contributed by atoms with Gasteiger partial charge in [0.1, 0.15) is 6.04 Å². The first-order chi connectivity index (χ1) is 11.7. The first-order valence-corrected chi connectivity index (χ1v) is 9.30. The van der Waals surface area contributed by atoms with Crippen LogP contribution in [0, 0.1) is 29.6 Å². The van der Waals surface area contributed by atoms with Gasteiger partial charge in [0, 0.05) is 0 Å². The summed E-state index contributed by atoms with van der Waals surface area (Å²) in [4.78, 5) is 12.1. The SMILES string of the molecule is O=C(O)C(NC(CO)c1ccccc1)C1C2CC3CC(C2)CC1C3. The highest BCUT2D eigenvalue weighted by Gasteiger charge is 2.52. The molecule has 0 aliphatic heterocycles. The summed E-state index contributed by atoms with van der Waals surface area (Å²) in [5.74, 6) is 2.21. The number of carboxylic acids is 1. The molecule has 1 aromatic carbocycles. The lowest BCUT2D eigenvalue weighted by molar-refractivity contribution is -0.147. The van der Waals surface area contributed by atoms with Crippen LogP contribution in [-0.4, -0.2) is 28.8 Å². The molecule has 4 aliphatic carbocycles. The second-order valence-corrected chi connectivity index (χ2v) is 8.14. The van der Waals surface area contributed by atoms with Gasteiger partial charge in [-0.05, 0) is 67.3 Å². The molecule has 24 heavy (non-hydrogen) atoms. The number of aliphatic hydroxyl groups excluding tert-OH is 1. The Balaban J connectivity index is 1.55. The number of rotatable bonds is 6. The number of nitrogens with one attached hydrogen (secondary N) is 1. The molecule has 3 N–H and O–H groups in total. The largest absolute Gasteiger partial charge is 0.480 e. The highest BCUT2D eigenvalue weighted by Crippen LogP contribution is 2.57. The van der Waals surface area contributed by atoms with Gasteiger partial charge in [-0.1, -0.05) is 30.3 Å². The third-order valence-corrected chi connectivity index (χ3v) is 6.72. The average Bonchev–Trinajstić information content (AvgIpc) is 2.57. The fraction of sp³-hybridized carbons (Fsp3) is 0.650. The molecule has 4 nitrogen and oxygen atoms in total. The minimum atomic E-state index is -0.762. The molecule has 4 heteroatoms. The molecule has 1 aromatic rings. The summed E-state index contributed by atoms with van der Waals surface area (Å²) >= 11 is 0. The first-order valence-electron chi connectivity index (χ1n) is 9.30. The molecule has 0 heterocycles. The molecule has 4 aliphatic rings. The van der Waals surface area contributed by atoms with E-state index in [2.05, 4.69) is 5.32 Å². The predicted molar refractivity (Wildman–Crippen MR) is 91.4 cm³/mol. The Morgan fingerprint density at radius 1 is 1.04 bits per heavy atom. The minimum Gasteiger partial charge on any atom is -0.480 e. The predicted octanol–water partition coefficient (Wildman–Crippen LogP) is 2.84. The van der Waals surface area contributed by atoms with Crippen LogP contribution in [0.5, 0.6) is 0 Å². The van der Waals surface area contributed by atoms with Gasteiger partial charge in [-0.3, -0.25) is 10.1 Å². The van der Waals surface area contributed by atoms with E-state index in [1.165, 1.54) is 32.1 Å². The van der Waals surface area contributed by atoms with Gasteiger partial charge in [0.05, 0.1) is 12.6 Å².